The monoisotopic (exact) mass is 258 g/mol. The standard InChI is InChI=1S/C14H14N2O3/c1-18-13-4-2-11(3-5-13)10-19-14(17)16-12-6-8-15-9-7-12/h2-9H,10H2,1H3,(H,15,16,17). The summed E-state index contributed by atoms with van der Waals surface area (Å²) in [6, 6.07) is 10.7. The number of carbonyl (C=O) groups is 1. The molecule has 0 fully saturated rings. The van der Waals surface area contributed by atoms with Gasteiger partial charge in [-0.2, -0.15) is 0 Å². The van der Waals surface area contributed by atoms with Crippen LogP contribution < -0.4 is 10.1 Å². The zero-order chi connectivity index (χ0) is 13.5. The zero-order valence-electron chi connectivity index (χ0n) is 10.5. The first-order valence-corrected chi connectivity index (χ1v) is 5.74. The molecule has 1 heterocycles. The Kier molecular flexibility index (Phi) is 4.34. The van der Waals surface area contributed by atoms with Gasteiger partial charge in [0.1, 0.15) is 12.4 Å². The van der Waals surface area contributed by atoms with Gasteiger partial charge in [-0.05, 0) is 29.8 Å². The molecule has 0 aliphatic heterocycles. The van der Waals surface area contributed by atoms with Crippen LogP contribution in [0.2, 0.25) is 0 Å². The van der Waals surface area contributed by atoms with Gasteiger partial charge in [-0.3, -0.25) is 10.3 Å². The molecular weight excluding hydrogens is 244 g/mol. The van der Waals surface area contributed by atoms with Crippen molar-refractivity contribution in [2.75, 3.05) is 12.4 Å². The van der Waals surface area contributed by atoms with Crippen molar-refractivity contribution >= 4 is 11.8 Å². The van der Waals surface area contributed by atoms with E-state index in [2.05, 4.69) is 10.3 Å². The van der Waals surface area contributed by atoms with E-state index in [1.165, 1.54) is 0 Å². The Morgan fingerprint density at radius 3 is 2.47 bits per heavy atom. The van der Waals surface area contributed by atoms with Crippen LogP contribution in [-0.4, -0.2) is 18.2 Å². The third kappa shape index (κ3) is 3.99. The van der Waals surface area contributed by atoms with Gasteiger partial charge in [0.15, 0.2) is 0 Å². The maximum atomic E-state index is 11.5. The van der Waals surface area contributed by atoms with E-state index in [0.717, 1.165) is 11.3 Å². The van der Waals surface area contributed by atoms with Gasteiger partial charge in [-0.25, -0.2) is 4.79 Å². The fourth-order valence-electron chi connectivity index (χ4n) is 1.46. The fraction of sp³-hybridized carbons (Fsp3) is 0.143. The quantitative estimate of drug-likeness (QED) is 0.916. The van der Waals surface area contributed by atoms with E-state index >= 15 is 0 Å². The van der Waals surface area contributed by atoms with Crippen molar-refractivity contribution in [3.8, 4) is 5.75 Å². The van der Waals surface area contributed by atoms with Crippen molar-refractivity contribution in [3.63, 3.8) is 0 Å². The van der Waals surface area contributed by atoms with Crippen molar-refractivity contribution < 1.29 is 14.3 Å². The Labute approximate surface area is 111 Å². The predicted molar refractivity (Wildman–Crippen MR) is 71.0 cm³/mol. The molecule has 0 saturated carbocycles. The van der Waals surface area contributed by atoms with Crippen molar-refractivity contribution in [3.05, 3.63) is 54.4 Å². The SMILES string of the molecule is COc1ccc(COC(=O)Nc2ccncc2)cc1. The highest BCUT2D eigenvalue weighted by Crippen LogP contribution is 2.12. The molecule has 2 aromatic rings. The minimum atomic E-state index is -0.498. The molecule has 5 nitrogen and oxygen atoms in total. The Morgan fingerprint density at radius 2 is 1.84 bits per heavy atom. The molecule has 0 spiro atoms. The number of ether oxygens (including phenoxy) is 2. The minimum absolute atomic E-state index is 0.209. The molecule has 1 amide bonds. The first-order chi connectivity index (χ1) is 9.28. The molecular formula is C14H14N2O3. The van der Waals surface area contributed by atoms with Crippen LogP contribution >= 0.6 is 0 Å². The second kappa shape index (κ2) is 6.39. The average Bonchev–Trinajstić information content (AvgIpc) is 2.47. The Bertz CT molecular complexity index is 526. The van der Waals surface area contributed by atoms with Gasteiger partial charge in [0.2, 0.25) is 0 Å². The molecule has 0 bridgehead atoms. The number of rotatable bonds is 4. The normalized spacial score (nSPS) is 9.74. The molecule has 0 unspecified atom stereocenters. The number of methoxy groups -OCH3 is 1. The number of nitrogens with zero attached hydrogens (tertiary/aromatic N) is 1. The predicted octanol–water partition coefficient (Wildman–Crippen LogP) is 2.84. The molecule has 0 atom stereocenters. The summed E-state index contributed by atoms with van der Waals surface area (Å²) in [5.74, 6) is 0.769. The molecule has 0 aliphatic carbocycles. The molecule has 0 saturated heterocycles. The summed E-state index contributed by atoms with van der Waals surface area (Å²) in [6.45, 7) is 0.209. The first kappa shape index (κ1) is 12.9. The Balaban J connectivity index is 1.83. The van der Waals surface area contributed by atoms with Gasteiger partial charge in [0, 0.05) is 18.1 Å². The largest absolute Gasteiger partial charge is 0.497 e. The van der Waals surface area contributed by atoms with Crippen molar-refractivity contribution in [1.82, 2.24) is 4.98 Å². The highest BCUT2D eigenvalue weighted by Gasteiger charge is 2.03. The highest BCUT2D eigenvalue weighted by atomic mass is 16.5. The number of amides is 1. The van der Waals surface area contributed by atoms with Crippen molar-refractivity contribution in [1.29, 1.82) is 0 Å². The van der Waals surface area contributed by atoms with Gasteiger partial charge in [-0.1, -0.05) is 12.1 Å². The molecule has 1 aromatic heterocycles. The van der Waals surface area contributed by atoms with Gasteiger partial charge in [0.05, 0.1) is 7.11 Å². The maximum Gasteiger partial charge on any atom is 0.411 e. The lowest BCUT2D eigenvalue weighted by Gasteiger charge is -2.07. The lowest BCUT2D eigenvalue weighted by Crippen LogP contribution is -2.13. The number of nitrogens with one attached hydrogen (secondary N) is 1. The van der Waals surface area contributed by atoms with E-state index in [0.29, 0.717) is 5.69 Å². The number of hydrogen-bond acceptors (Lipinski definition) is 4. The van der Waals surface area contributed by atoms with Gasteiger partial charge in [-0.15, -0.1) is 0 Å². The van der Waals surface area contributed by atoms with Gasteiger partial charge in [0.25, 0.3) is 0 Å². The third-order valence-electron chi connectivity index (χ3n) is 2.46. The summed E-state index contributed by atoms with van der Waals surface area (Å²) >= 11 is 0. The molecule has 1 aromatic carbocycles. The second-order valence-electron chi connectivity index (χ2n) is 3.79. The number of carbonyl (C=O) groups excluding carboxylic acids is 1. The summed E-state index contributed by atoms with van der Waals surface area (Å²) in [5.41, 5.74) is 1.54. The van der Waals surface area contributed by atoms with Crippen LogP contribution in [0.5, 0.6) is 5.75 Å². The minimum Gasteiger partial charge on any atom is -0.497 e. The van der Waals surface area contributed by atoms with Crippen LogP contribution in [0.1, 0.15) is 5.56 Å². The van der Waals surface area contributed by atoms with E-state index < -0.39 is 6.09 Å². The molecule has 0 aliphatic rings. The fourth-order valence-corrected chi connectivity index (χ4v) is 1.46. The smallest absolute Gasteiger partial charge is 0.411 e. The van der Waals surface area contributed by atoms with Crippen LogP contribution in [0.15, 0.2) is 48.8 Å². The van der Waals surface area contributed by atoms with E-state index in [-0.39, 0.29) is 6.61 Å². The first-order valence-electron chi connectivity index (χ1n) is 5.74. The van der Waals surface area contributed by atoms with E-state index in [9.17, 15) is 4.79 Å². The van der Waals surface area contributed by atoms with Crippen LogP contribution in [0.4, 0.5) is 10.5 Å². The van der Waals surface area contributed by atoms with Crippen LogP contribution in [0, 0.1) is 0 Å². The van der Waals surface area contributed by atoms with Crippen LogP contribution in [0.3, 0.4) is 0 Å². The molecule has 1 N–H and O–H groups in total. The summed E-state index contributed by atoms with van der Waals surface area (Å²) in [7, 11) is 1.60. The number of aromatic nitrogens is 1. The summed E-state index contributed by atoms with van der Waals surface area (Å²) < 4.78 is 10.1. The lowest BCUT2D eigenvalue weighted by atomic mass is 10.2. The highest BCUT2D eigenvalue weighted by molar-refractivity contribution is 5.84. The number of anilines is 1. The molecule has 19 heavy (non-hydrogen) atoms. The summed E-state index contributed by atoms with van der Waals surface area (Å²) in [4.78, 5) is 15.4. The topological polar surface area (TPSA) is 60.5 Å². The number of hydrogen-bond donors (Lipinski definition) is 1. The van der Waals surface area contributed by atoms with Crippen molar-refractivity contribution in [2.24, 2.45) is 0 Å². The number of pyridine rings is 1. The Hall–Kier alpha value is -2.56. The second-order valence-corrected chi connectivity index (χ2v) is 3.79. The number of benzene rings is 1. The van der Waals surface area contributed by atoms with Crippen LogP contribution in [0.25, 0.3) is 0 Å². The zero-order valence-corrected chi connectivity index (χ0v) is 10.5. The molecule has 0 radical (unpaired) electrons. The van der Waals surface area contributed by atoms with Crippen molar-refractivity contribution in [2.45, 2.75) is 6.61 Å². The molecule has 2 rings (SSSR count). The summed E-state index contributed by atoms with van der Waals surface area (Å²) in [6.07, 6.45) is 2.69. The molecule has 5 heteroatoms. The third-order valence-corrected chi connectivity index (χ3v) is 2.46. The average molecular weight is 258 g/mol. The maximum absolute atomic E-state index is 11.5. The van der Waals surface area contributed by atoms with Gasteiger partial charge >= 0.3 is 6.09 Å². The summed E-state index contributed by atoms with van der Waals surface area (Å²) in [5, 5.41) is 2.61. The van der Waals surface area contributed by atoms with E-state index in [1.807, 2.05) is 24.3 Å². The molecule has 98 valence electrons. The Morgan fingerprint density at radius 1 is 1.16 bits per heavy atom. The van der Waals surface area contributed by atoms with Gasteiger partial charge < -0.3 is 9.47 Å². The van der Waals surface area contributed by atoms with Crippen LogP contribution in [-0.2, 0) is 11.3 Å². The lowest BCUT2D eigenvalue weighted by molar-refractivity contribution is 0.155. The van der Waals surface area contributed by atoms with E-state index in [4.69, 9.17) is 9.47 Å². The van der Waals surface area contributed by atoms with E-state index in [1.54, 1.807) is 31.6 Å².